The van der Waals surface area contributed by atoms with Gasteiger partial charge in [0.25, 0.3) is 5.91 Å². The van der Waals surface area contributed by atoms with Gasteiger partial charge in [0.05, 0.1) is 6.61 Å². The number of nitrogens with zero attached hydrogens (tertiary/aromatic N) is 1. The molecule has 1 amide bonds. The van der Waals surface area contributed by atoms with Gasteiger partial charge in [0.1, 0.15) is 24.2 Å². The van der Waals surface area contributed by atoms with E-state index in [2.05, 4.69) is 10.5 Å². The number of hydrogen-bond acceptors (Lipinski definition) is 6. The van der Waals surface area contributed by atoms with Gasteiger partial charge in [-0.3, -0.25) is 4.79 Å². The molecule has 0 aromatic heterocycles. The molecule has 120 valence electrons. The van der Waals surface area contributed by atoms with E-state index in [4.69, 9.17) is 20.0 Å². The Morgan fingerprint density at radius 3 is 3.09 bits per heavy atom. The summed E-state index contributed by atoms with van der Waals surface area (Å²) in [5.74, 6) is 0.288. The normalized spacial score (nSPS) is 17.0. The van der Waals surface area contributed by atoms with Crippen LogP contribution in [0.15, 0.2) is 29.4 Å². The van der Waals surface area contributed by atoms with Crippen molar-refractivity contribution in [1.29, 1.82) is 0 Å². The van der Waals surface area contributed by atoms with Crippen LogP contribution in [0.4, 0.5) is 0 Å². The van der Waals surface area contributed by atoms with Crippen molar-refractivity contribution >= 4 is 11.6 Å². The molecule has 1 atom stereocenters. The average Bonchev–Trinajstić information content (AvgIpc) is 2.97. The van der Waals surface area contributed by atoms with Gasteiger partial charge < -0.3 is 25.4 Å². The summed E-state index contributed by atoms with van der Waals surface area (Å²) in [6.45, 7) is 2.35. The van der Waals surface area contributed by atoms with E-state index < -0.39 is 5.91 Å². The summed E-state index contributed by atoms with van der Waals surface area (Å²) < 4.78 is 10.5. The number of hydrogen-bond donors (Lipinski definition) is 2. The molecule has 0 saturated heterocycles. The van der Waals surface area contributed by atoms with Crippen molar-refractivity contribution in [2.24, 2.45) is 10.9 Å². The Morgan fingerprint density at radius 2 is 2.36 bits per heavy atom. The summed E-state index contributed by atoms with van der Waals surface area (Å²) in [5.41, 5.74) is 6.55. The summed E-state index contributed by atoms with van der Waals surface area (Å²) in [6, 6.07) is 7.84. The molecule has 1 aromatic rings. The van der Waals surface area contributed by atoms with Crippen molar-refractivity contribution in [3.8, 4) is 5.75 Å². The second-order valence-corrected chi connectivity index (χ2v) is 4.95. The summed E-state index contributed by atoms with van der Waals surface area (Å²) in [6.07, 6.45) is 0.298. The van der Waals surface area contributed by atoms with Crippen LogP contribution < -0.4 is 15.8 Å². The largest absolute Gasteiger partial charge is 0.491 e. The van der Waals surface area contributed by atoms with Gasteiger partial charge in [0, 0.05) is 26.6 Å². The van der Waals surface area contributed by atoms with E-state index in [1.54, 1.807) is 7.11 Å². The number of rotatable bonds is 9. The van der Waals surface area contributed by atoms with Crippen LogP contribution >= 0.6 is 0 Å². The first-order chi connectivity index (χ1) is 10.7. The molecule has 7 nitrogen and oxygen atoms in total. The maximum Gasteiger partial charge on any atom is 0.266 e. The molecule has 0 fully saturated rings. The SMILES string of the molecule is COCCOc1cccc(CNC[C@H]2CC(C(N)=O)=NO2)c1. The lowest BCUT2D eigenvalue weighted by atomic mass is 10.1. The number of amides is 1. The Labute approximate surface area is 129 Å². The summed E-state index contributed by atoms with van der Waals surface area (Å²) in [4.78, 5) is 16.1. The minimum atomic E-state index is -0.525. The zero-order valence-electron chi connectivity index (χ0n) is 12.6. The van der Waals surface area contributed by atoms with Crippen LogP contribution in [0.2, 0.25) is 0 Å². The number of oxime groups is 1. The molecular weight excluding hydrogens is 286 g/mol. The number of ether oxygens (including phenoxy) is 2. The zero-order valence-corrected chi connectivity index (χ0v) is 12.6. The van der Waals surface area contributed by atoms with Crippen LogP contribution in [0.3, 0.4) is 0 Å². The van der Waals surface area contributed by atoms with Crippen LogP contribution in [0.5, 0.6) is 5.75 Å². The van der Waals surface area contributed by atoms with Crippen molar-refractivity contribution in [2.75, 3.05) is 26.9 Å². The fourth-order valence-electron chi connectivity index (χ4n) is 2.05. The lowest BCUT2D eigenvalue weighted by Crippen LogP contribution is -2.29. The van der Waals surface area contributed by atoms with E-state index in [0.717, 1.165) is 11.3 Å². The monoisotopic (exact) mass is 307 g/mol. The van der Waals surface area contributed by atoms with Crippen molar-refractivity contribution in [3.63, 3.8) is 0 Å². The molecule has 1 aliphatic rings. The maximum absolute atomic E-state index is 11.0. The predicted molar refractivity (Wildman–Crippen MR) is 81.6 cm³/mol. The molecule has 0 aliphatic carbocycles. The highest BCUT2D eigenvalue weighted by Gasteiger charge is 2.23. The molecule has 1 heterocycles. The summed E-state index contributed by atoms with van der Waals surface area (Å²) in [7, 11) is 1.64. The Kier molecular flexibility index (Phi) is 6.17. The number of carbonyl (C=O) groups excluding carboxylic acids is 1. The standard InChI is InChI=1S/C15H21N3O4/c1-20-5-6-21-12-4-2-3-11(7-12)9-17-10-13-8-14(15(16)19)18-22-13/h2-4,7,13,17H,5-6,8-10H2,1H3,(H2,16,19)/t13-/m1/s1. The van der Waals surface area contributed by atoms with Gasteiger partial charge in [-0.1, -0.05) is 17.3 Å². The quantitative estimate of drug-likeness (QED) is 0.645. The number of methoxy groups -OCH3 is 1. The number of primary amides is 1. The molecule has 7 heteroatoms. The van der Waals surface area contributed by atoms with Crippen molar-refractivity contribution in [2.45, 2.75) is 19.1 Å². The predicted octanol–water partition coefficient (Wildman–Crippen LogP) is 0.432. The maximum atomic E-state index is 11.0. The summed E-state index contributed by atoms with van der Waals surface area (Å²) >= 11 is 0. The van der Waals surface area contributed by atoms with Crippen molar-refractivity contribution in [1.82, 2.24) is 5.32 Å². The third-order valence-corrected chi connectivity index (χ3v) is 3.17. The zero-order chi connectivity index (χ0) is 15.8. The first kappa shape index (κ1) is 16.3. The van der Waals surface area contributed by atoms with Crippen LogP contribution in [-0.2, 0) is 20.9 Å². The topological polar surface area (TPSA) is 95.2 Å². The van der Waals surface area contributed by atoms with Crippen LogP contribution in [0.25, 0.3) is 0 Å². The molecule has 0 radical (unpaired) electrons. The Morgan fingerprint density at radius 1 is 1.50 bits per heavy atom. The van der Waals surface area contributed by atoms with Crippen LogP contribution in [0.1, 0.15) is 12.0 Å². The Balaban J connectivity index is 1.71. The highest BCUT2D eigenvalue weighted by molar-refractivity contribution is 6.38. The smallest absolute Gasteiger partial charge is 0.266 e. The molecular formula is C15H21N3O4. The van der Waals surface area contributed by atoms with Crippen molar-refractivity contribution in [3.05, 3.63) is 29.8 Å². The van der Waals surface area contributed by atoms with E-state index in [1.165, 1.54) is 0 Å². The van der Waals surface area contributed by atoms with E-state index in [9.17, 15) is 4.79 Å². The first-order valence-electron chi connectivity index (χ1n) is 7.13. The second kappa shape index (κ2) is 8.35. The molecule has 0 saturated carbocycles. The molecule has 1 aromatic carbocycles. The average molecular weight is 307 g/mol. The Hall–Kier alpha value is -2.12. The highest BCUT2D eigenvalue weighted by Crippen LogP contribution is 2.14. The van der Waals surface area contributed by atoms with Gasteiger partial charge in [-0.25, -0.2) is 0 Å². The summed E-state index contributed by atoms with van der Waals surface area (Å²) in [5, 5.41) is 6.94. The van der Waals surface area contributed by atoms with Crippen molar-refractivity contribution < 1.29 is 19.1 Å². The lowest BCUT2D eigenvalue weighted by Gasteiger charge is -2.11. The minimum absolute atomic E-state index is 0.149. The lowest BCUT2D eigenvalue weighted by molar-refractivity contribution is -0.112. The van der Waals surface area contributed by atoms with E-state index >= 15 is 0 Å². The van der Waals surface area contributed by atoms with Gasteiger partial charge >= 0.3 is 0 Å². The van der Waals surface area contributed by atoms with E-state index in [-0.39, 0.29) is 6.10 Å². The molecule has 3 N–H and O–H groups in total. The minimum Gasteiger partial charge on any atom is -0.491 e. The molecule has 2 rings (SSSR count). The van der Waals surface area contributed by atoms with Gasteiger partial charge in [-0.2, -0.15) is 0 Å². The number of nitrogens with two attached hydrogens (primary N) is 1. The van der Waals surface area contributed by atoms with Gasteiger partial charge in [0.2, 0.25) is 0 Å². The molecule has 0 unspecified atom stereocenters. The third kappa shape index (κ3) is 5.01. The number of benzene rings is 1. The number of carbonyl (C=O) groups is 1. The first-order valence-corrected chi connectivity index (χ1v) is 7.13. The van der Waals surface area contributed by atoms with Gasteiger partial charge in [0.15, 0.2) is 0 Å². The number of nitrogens with one attached hydrogen (secondary N) is 1. The van der Waals surface area contributed by atoms with Gasteiger partial charge in [-0.05, 0) is 17.7 Å². The van der Waals surface area contributed by atoms with Crippen LogP contribution in [0, 0.1) is 0 Å². The van der Waals surface area contributed by atoms with Gasteiger partial charge in [-0.15, -0.1) is 0 Å². The van der Waals surface area contributed by atoms with E-state index in [0.29, 0.717) is 38.4 Å². The second-order valence-electron chi connectivity index (χ2n) is 4.95. The molecule has 0 spiro atoms. The fraction of sp³-hybridized carbons (Fsp3) is 0.467. The highest BCUT2D eigenvalue weighted by atomic mass is 16.6. The molecule has 1 aliphatic heterocycles. The Bertz CT molecular complexity index is 533. The third-order valence-electron chi connectivity index (χ3n) is 3.17. The van der Waals surface area contributed by atoms with E-state index in [1.807, 2.05) is 24.3 Å². The van der Waals surface area contributed by atoms with Crippen LogP contribution in [-0.4, -0.2) is 44.6 Å². The fourth-order valence-corrected chi connectivity index (χ4v) is 2.05. The molecule has 0 bridgehead atoms. The molecule has 22 heavy (non-hydrogen) atoms.